The highest BCUT2D eigenvalue weighted by molar-refractivity contribution is 7.90. The van der Waals surface area contributed by atoms with Crippen LogP contribution in [0.4, 0.5) is 13.2 Å². The van der Waals surface area contributed by atoms with Gasteiger partial charge in [0.15, 0.2) is 11.6 Å². The Hall–Kier alpha value is -1.78. The number of amides is 1. The maximum Gasteiger partial charge on any atom is 0.312 e. The van der Waals surface area contributed by atoms with Gasteiger partial charge in [-0.2, -0.15) is 0 Å². The van der Waals surface area contributed by atoms with Gasteiger partial charge >= 0.3 is 5.97 Å². The number of piperidine rings is 1. The van der Waals surface area contributed by atoms with E-state index in [0.717, 1.165) is 6.07 Å². The molecule has 2 atom stereocenters. The summed E-state index contributed by atoms with van der Waals surface area (Å²) in [4.78, 5) is 24.2. The van der Waals surface area contributed by atoms with Gasteiger partial charge in [0.05, 0.1) is 6.04 Å². The smallest absolute Gasteiger partial charge is 0.312 e. The van der Waals surface area contributed by atoms with Crippen LogP contribution in [-0.2, 0) is 27.4 Å². The van der Waals surface area contributed by atoms with Gasteiger partial charge in [-0.1, -0.05) is 0 Å². The molecular weight excluding hydrogens is 421 g/mol. The lowest BCUT2D eigenvalue weighted by Gasteiger charge is -2.37. The number of benzene rings is 1. The fraction of sp³-hybridized carbons (Fsp3) is 0.600. The molecule has 0 bridgehead atoms. The van der Waals surface area contributed by atoms with Gasteiger partial charge in [0.2, 0.25) is 5.91 Å². The minimum atomic E-state index is -1.48. The van der Waals surface area contributed by atoms with Crippen molar-refractivity contribution >= 4 is 23.2 Å². The Balaban J connectivity index is 2.16. The second-order valence-corrected chi connectivity index (χ2v) is 10.5. The zero-order valence-corrected chi connectivity index (χ0v) is 18.0. The Kier molecular flexibility index (Phi) is 8.18. The normalized spacial score (nSPS) is 17.6. The molecule has 1 aromatic carbocycles. The highest BCUT2D eigenvalue weighted by Gasteiger charge is 2.35. The van der Waals surface area contributed by atoms with Gasteiger partial charge in [-0.15, -0.1) is 4.72 Å². The van der Waals surface area contributed by atoms with Gasteiger partial charge < -0.3 is 14.6 Å². The minimum Gasteiger partial charge on any atom is -0.598 e. The lowest BCUT2D eigenvalue weighted by Crippen LogP contribution is -2.51. The average molecular weight is 449 g/mol. The predicted octanol–water partition coefficient (Wildman–Crippen LogP) is 2.78. The molecule has 0 radical (unpaired) electrons. The van der Waals surface area contributed by atoms with Crippen LogP contribution in [0.15, 0.2) is 12.1 Å². The molecule has 1 unspecified atom stereocenters. The molecule has 1 aliphatic rings. The quantitative estimate of drug-likeness (QED) is 0.380. The zero-order chi connectivity index (χ0) is 22.6. The van der Waals surface area contributed by atoms with E-state index in [1.807, 2.05) is 0 Å². The molecular formula is C20H27F3N2O4S. The van der Waals surface area contributed by atoms with Crippen molar-refractivity contribution < 1.29 is 32.4 Å². The first-order valence-corrected chi connectivity index (χ1v) is 10.8. The van der Waals surface area contributed by atoms with Crippen molar-refractivity contribution in [1.82, 2.24) is 9.62 Å². The van der Waals surface area contributed by atoms with Crippen LogP contribution in [0, 0.1) is 23.4 Å². The second-order valence-electron chi connectivity index (χ2n) is 8.46. The van der Waals surface area contributed by atoms with E-state index in [-0.39, 0.29) is 17.9 Å². The molecule has 2 rings (SSSR count). The van der Waals surface area contributed by atoms with E-state index in [2.05, 4.69) is 4.72 Å². The number of hydrogen-bond donors (Lipinski definition) is 2. The summed E-state index contributed by atoms with van der Waals surface area (Å²) in [5.74, 6) is -5.10. The number of nitrogens with one attached hydrogen (secondary N) is 1. The number of carbonyl (C=O) groups excluding carboxylic acids is 1. The molecule has 6 nitrogen and oxygen atoms in total. The SMILES string of the molecule is CC(C)(C)[S+]([O-])N[C@H](Cc1cc(F)c(F)cc1F)C1CCN(C(=O)CC(=O)O)CC1. The first kappa shape index (κ1) is 24.5. The third-order valence-electron chi connectivity index (χ3n) is 5.11. The maximum atomic E-state index is 14.2. The lowest BCUT2D eigenvalue weighted by molar-refractivity contribution is -0.144. The molecule has 1 aliphatic heterocycles. The number of rotatable bonds is 7. The van der Waals surface area contributed by atoms with Crippen LogP contribution in [0.25, 0.3) is 0 Å². The Labute approximate surface area is 177 Å². The van der Waals surface area contributed by atoms with Crippen molar-refractivity contribution in [2.45, 2.75) is 57.2 Å². The van der Waals surface area contributed by atoms with Crippen LogP contribution in [0.3, 0.4) is 0 Å². The topological polar surface area (TPSA) is 92.7 Å². The minimum absolute atomic E-state index is 0.00140. The van der Waals surface area contributed by atoms with E-state index in [0.29, 0.717) is 32.0 Å². The Morgan fingerprint density at radius 1 is 1.20 bits per heavy atom. The number of likely N-dealkylation sites (tertiary alicyclic amines) is 1. The molecule has 0 spiro atoms. The van der Waals surface area contributed by atoms with Gasteiger partial charge in [0.1, 0.15) is 17.0 Å². The number of halogens is 3. The molecule has 30 heavy (non-hydrogen) atoms. The molecule has 0 aromatic heterocycles. The van der Waals surface area contributed by atoms with Gasteiger partial charge in [-0.25, -0.2) is 13.2 Å². The maximum absolute atomic E-state index is 14.2. The first-order chi connectivity index (χ1) is 13.9. The molecule has 1 fully saturated rings. The summed E-state index contributed by atoms with van der Waals surface area (Å²) in [7, 11) is 0. The van der Waals surface area contributed by atoms with Crippen LogP contribution < -0.4 is 4.72 Å². The lowest BCUT2D eigenvalue weighted by atomic mass is 9.86. The fourth-order valence-electron chi connectivity index (χ4n) is 3.37. The zero-order valence-electron chi connectivity index (χ0n) is 17.2. The predicted molar refractivity (Wildman–Crippen MR) is 106 cm³/mol. The Morgan fingerprint density at radius 3 is 2.30 bits per heavy atom. The van der Waals surface area contributed by atoms with Crippen LogP contribution in [0.5, 0.6) is 0 Å². The summed E-state index contributed by atoms with van der Waals surface area (Å²) in [5, 5.41) is 8.78. The second kappa shape index (κ2) is 10.0. The third kappa shape index (κ3) is 6.61. The molecule has 2 N–H and O–H groups in total. The van der Waals surface area contributed by atoms with E-state index in [9.17, 15) is 27.3 Å². The van der Waals surface area contributed by atoms with Gasteiger partial charge in [-0.05, 0) is 57.6 Å². The Bertz CT molecular complexity index is 780. The third-order valence-corrected chi connectivity index (χ3v) is 6.74. The number of hydrogen-bond acceptors (Lipinski definition) is 4. The summed E-state index contributed by atoms with van der Waals surface area (Å²) < 4.78 is 56.2. The monoisotopic (exact) mass is 448 g/mol. The van der Waals surface area contributed by atoms with Crippen molar-refractivity contribution in [2.75, 3.05) is 13.1 Å². The van der Waals surface area contributed by atoms with Gasteiger partial charge in [-0.3, -0.25) is 9.59 Å². The summed E-state index contributed by atoms with van der Waals surface area (Å²) in [6, 6.07) is 0.807. The number of carboxylic acid groups (broad SMARTS) is 1. The number of aliphatic carboxylic acids is 1. The van der Waals surface area contributed by atoms with E-state index in [1.54, 1.807) is 20.8 Å². The molecule has 1 aromatic rings. The molecule has 1 saturated heterocycles. The summed E-state index contributed by atoms with van der Waals surface area (Å²) in [6.45, 7) is 5.96. The van der Waals surface area contributed by atoms with E-state index in [1.165, 1.54) is 4.90 Å². The van der Waals surface area contributed by atoms with Crippen LogP contribution in [-0.4, -0.2) is 50.3 Å². The molecule has 10 heteroatoms. The van der Waals surface area contributed by atoms with Crippen molar-refractivity contribution in [1.29, 1.82) is 0 Å². The number of carbonyl (C=O) groups is 2. The van der Waals surface area contributed by atoms with Crippen LogP contribution >= 0.6 is 0 Å². The van der Waals surface area contributed by atoms with Crippen molar-refractivity contribution in [3.8, 4) is 0 Å². The highest BCUT2D eigenvalue weighted by atomic mass is 32.2. The van der Waals surface area contributed by atoms with Crippen molar-refractivity contribution in [2.24, 2.45) is 5.92 Å². The summed E-state index contributed by atoms with van der Waals surface area (Å²) in [5.41, 5.74) is -0.0262. The standard InChI is InChI=1S/C20H27F3N2O4S/c1-20(2,3)30(29)24-17(9-13-8-15(22)16(23)10-14(13)21)12-4-6-25(7-5-12)18(26)11-19(27)28/h8,10,12,17,24H,4-7,9,11H2,1-3H3,(H,27,28)/t17-,30?/m1/s1. The molecule has 1 heterocycles. The first-order valence-electron chi connectivity index (χ1n) is 9.69. The van der Waals surface area contributed by atoms with E-state index in [4.69, 9.17) is 5.11 Å². The fourth-order valence-corrected chi connectivity index (χ4v) is 4.27. The molecule has 1 amide bonds. The number of nitrogens with zero attached hydrogens (tertiary/aromatic N) is 1. The van der Waals surface area contributed by atoms with Crippen LogP contribution in [0.2, 0.25) is 0 Å². The molecule has 0 saturated carbocycles. The van der Waals surface area contributed by atoms with E-state index < -0.39 is 57.9 Å². The van der Waals surface area contributed by atoms with Crippen molar-refractivity contribution in [3.63, 3.8) is 0 Å². The summed E-state index contributed by atoms with van der Waals surface area (Å²) >= 11 is -1.48. The molecule has 0 aliphatic carbocycles. The number of carboxylic acids is 1. The van der Waals surface area contributed by atoms with Gasteiger partial charge in [0.25, 0.3) is 0 Å². The largest absolute Gasteiger partial charge is 0.598 e. The highest BCUT2D eigenvalue weighted by Crippen LogP contribution is 2.27. The average Bonchev–Trinajstić information content (AvgIpc) is 2.64. The van der Waals surface area contributed by atoms with Gasteiger partial charge in [0, 0.05) is 30.5 Å². The molecule has 168 valence electrons. The Morgan fingerprint density at radius 2 is 1.77 bits per heavy atom. The summed E-state index contributed by atoms with van der Waals surface area (Å²) in [6.07, 6.45) is 0.379. The van der Waals surface area contributed by atoms with Crippen molar-refractivity contribution in [3.05, 3.63) is 35.1 Å². The van der Waals surface area contributed by atoms with E-state index >= 15 is 0 Å². The van der Waals surface area contributed by atoms with Crippen LogP contribution in [0.1, 0.15) is 45.6 Å².